The molecule has 0 aromatic heterocycles. The second-order valence-corrected chi connectivity index (χ2v) is 28.1. The van der Waals surface area contributed by atoms with Crippen LogP contribution in [0.15, 0.2) is 0 Å². The second kappa shape index (κ2) is 30.8. The normalized spacial score (nSPS) is 12.0. The third kappa shape index (κ3) is 40.1. The first-order valence-electron chi connectivity index (χ1n) is 16.1. The van der Waals surface area contributed by atoms with Gasteiger partial charge in [0.25, 0.3) is 6.69 Å². The summed E-state index contributed by atoms with van der Waals surface area (Å²) in [6.07, 6.45) is 32.3. The topological polar surface area (TPSA) is 0 Å². The van der Waals surface area contributed by atoms with Gasteiger partial charge in [-0.3, -0.25) is 0 Å². The van der Waals surface area contributed by atoms with Crippen LogP contribution in [0.5, 0.6) is 0 Å². The molecule has 0 aromatic carbocycles. The lowest BCUT2D eigenvalue weighted by molar-refractivity contribution is 0.581. The molecule has 0 rings (SSSR count). The van der Waals surface area contributed by atoms with Crippen molar-refractivity contribution in [2.24, 2.45) is 0 Å². The molecule has 0 fully saturated rings. The number of hydrogen-bond acceptors (Lipinski definition) is 0. The van der Waals surface area contributed by atoms with Crippen molar-refractivity contribution in [2.45, 2.75) is 193 Å². The van der Waals surface area contributed by atoms with Gasteiger partial charge in [0.05, 0.1) is 0 Å². The highest BCUT2D eigenvalue weighted by Gasteiger charge is 2.26. The molecule has 0 saturated carbocycles. The summed E-state index contributed by atoms with van der Waals surface area (Å²) in [4.78, 5) is 0. The van der Waals surface area contributed by atoms with Crippen LogP contribution in [0.3, 0.4) is 0 Å². The zero-order valence-electron chi connectivity index (χ0n) is 25.0. The van der Waals surface area contributed by atoms with Crippen molar-refractivity contribution in [3.63, 3.8) is 0 Å². The summed E-state index contributed by atoms with van der Waals surface area (Å²) in [5.74, 6) is 0. The fourth-order valence-corrected chi connectivity index (χ4v) is 9.86. The Labute approximate surface area is 259 Å². The molecule has 0 heterocycles. The monoisotopic (exact) mass is 654 g/mol. The van der Waals surface area contributed by atoms with E-state index in [1.165, 1.54) is 148 Å². The Morgan fingerprint density at radius 2 is 0.514 bits per heavy atom. The van der Waals surface area contributed by atoms with E-state index in [0.29, 0.717) is 0 Å². The van der Waals surface area contributed by atoms with Crippen LogP contribution >= 0.6 is 55.4 Å². The average Bonchev–Trinajstić information content (AvgIpc) is 2.84. The van der Waals surface area contributed by atoms with Crippen molar-refractivity contribution in [1.82, 2.24) is 0 Å². The molecule has 0 radical (unpaired) electrons. The molecule has 0 aromatic rings. The smallest absolute Gasteiger partial charge is 0.146 e. The van der Waals surface area contributed by atoms with Crippen LogP contribution in [0.25, 0.3) is 0 Å². The quantitative estimate of drug-likeness (QED) is 0.0469. The fourth-order valence-electron chi connectivity index (χ4n) is 4.62. The third-order valence-corrected chi connectivity index (χ3v) is 14.2. The summed E-state index contributed by atoms with van der Waals surface area (Å²) < 4.78 is 0. The first-order chi connectivity index (χ1) is 17.7. The van der Waals surface area contributed by atoms with Gasteiger partial charge in [-0.2, -0.15) is 0 Å². The van der Waals surface area contributed by atoms with Crippen LogP contribution in [0.1, 0.15) is 175 Å². The van der Waals surface area contributed by atoms with E-state index < -0.39 is 12.7 Å². The van der Waals surface area contributed by atoms with Gasteiger partial charge < -0.3 is 0 Å². The van der Waals surface area contributed by atoms with Crippen LogP contribution < -0.4 is 0 Å². The van der Waals surface area contributed by atoms with E-state index in [4.69, 9.17) is 55.4 Å². The largest absolute Gasteiger partial charge is 0.341 e. The summed E-state index contributed by atoms with van der Waals surface area (Å²) in [6.45, 7) is 4.87. The molecule has 0 spiro atoms. The molecular weight excluding hydrogens is 594 g/mol. The van der Waals surface area contributed by atoms with Crippen LogP contribution in [-0.4, -0.2) is 12.7 Å². The van der Waals surface area contributed by atoms with Crippen molar-refractivity contribution in [3.05, 3.63) is 0 Å². The van der Waals surface area contributed by atoms with Crippen molar-refractivity contribution in [1.29, 1.82) is 0 Å². The minimum atomic E-state index is -2.32. The molecule has 0 nitrogen and oxygen atoms in total. The molecule has 0 atom stereocenters. The Hall–Kier alpha value is 1.88. The van der Waals surface area contributed by atoms with Gasteiger partial charge in [0.1, 0.15) is 0 Å². The first-order valence-corrected chi connectivity index (χ1v) is 25.8. The molecule has 0 N–H and O–H groups in total. The van der Waals surface area contributed by atoms with Gasteiger partial charge in [-0.05, 0) is 18.1 Å². The summed E-state index contributed by atoms with van der Waals surface area (Å²) in [5, 5.41) is 0. The maximum Gasteiger partial charge on any atom is 0.341 e. The number of unbranched alkanes of at least 4 members (excludes halogenated alkanes) is 21. The Kier molecular flexibility index (Phi) is 34.2. The van der Waals surface area contributed by atoms with Gasteiger partial charge in [0.2, 0.25) is 0 Å². The number of rotatable bonds is 27. The third-order valence-electron chi connectivity index (χ3n) is 7.11. The van der Waals surface area contributed by atoms with Gasteiger partial charge in [-0.1, -0.05) is 175 Å². The van der Waals surface area contributed by atoms with Crippen LogP contribution in [0.4, 0.5) is 0 Å². The fraction of sp³-hybridized carbons (Fsp3) is 1.00. The predicted molar refractivity (Wildman–Crippen MR) is 183 cm³/mol. The second-order valence-electron chi connectivity index (χ2n) is 11.1. The average molecular weight is 657 g/mol. The predicted octanol–water partition coefficient (Wildman–Crippen LogP) is 15.0. The molecule has 0 aliphatic heterocycles. The SMILES string of the molecule is CCCCCCCCCC[Si](Cl)(Cl)CCCCCCCCCC.CCCCCCCCCC[Si](Cl)(Cl)Cl. The van der Waals surface area contributed by atoms with E-state index in [2.05, 4.69) is 20.8 Å². The van der Waals surface area contributed by atoms with Crippen molar-refractivity contribution in [2.75, 3.05) is 0 Å². The van der Waals surface area contributed by atoms with Gasteiger partial charge >= 0.3 is 6.00 Å². The van der Waals surface area contributed by atoms with Gasteiger partial charge in [0, 0.05) is 0 Å². The van der Waals surface area contributed by atoms with Crippen molar-refractivity contribution < 1.29 is 0 Å². The highest BCUT2D eigenvalue weighted by Crippen LogP contribution is 2.31. The van der Waals surface area contributed by atoms with Crippen molar-refractivity contribution >= 4 is 68.1 Å². The molecular formula is C30H63Cl5Si2. The molecule has 0 aliphatic carbocycles. The van der Waals surface area contributed by atoms with E-state index in [1.54, 1.807) is 0 Å². The standard InChI is InChI=1S/C20H42Cl2Si.C10H21Cl3Si/c1-3-5-7-9-11-13-15-17-19-23(21,22)20-18-16-14-12-10-8-6-4-2;1-2-3-4-5-6-7-8-9-10-14(11,12)13/h3-20H2,1-2H3;2-10H2,1H3. The molecule has 0 aliphatic rings. The lowest BCUT2D eigenvalue weighted by Crippen LogP contribution is -2.18. The number of halogens is 5. The Morgan fingerprint density at radius 3 is 0.757 bits per heavy atom. The van der Waals surface area contributed by atoms with Crippen LogP contribution in [-0.2, 0) is 0 Å². The molecule has 7 heteroatoms. The van der Waals surface area contributed by atoms with E-state index in [1.807, 2.05) is 0 Å². The van der Waals surface area contributed by atoms with E-state index in [-0.39, 0.29) is 0 Å². The summed E-state index contributed by atoms with van der Waals surface area (Å²) >= 11 is 30.6. The van der Waals surface area contributed by atoms with Gasteiger partial charge in [-0.15, -0.1) is 55.4 Å². The Bertz CT molecular complexity index is 409. The summed E-state index contributed by atoms with van der Waals surface area (Å²) in [5.41, 5.74) is 0. The van der Waals surface area contributed by atoms with Crippen LogP contribution in [0.2, 0.25) is 18.1 Å². The van der Waals surface area contributed by atoms with E-state index in [9.17, 15) is 0 Å². The maximum atomic E-state index is 6.60. The van der Waals surface area contributed by atoms with Gasteiger partial charge in [0.15, 0.2) is 0 Å². The van der Waals surface area contributed by atoms with E-state index >= 15 is 0 Å². The van der Waals surface area contributed by atoms with Crippen LogP contribution in [0, 0.1) is 0 Å². The highest BCUT2D eigenvalue weighted by molar-refractivity contribution is 7.64. The number of hydrogen-bond donors (Lipinski definition) is 0. The minimum Gasteiger partial charge on any atom is -0.146 e. The highest BCUT2D eigenvalue weighted by atomic mass is 35.8. The Balaban J connectivity index is 0. The van der Waals surface area contributed by atoms with Crippen molar-refractivity contribution in [3.8, 4) is 0 Å². The maximum absolute atomic E-state index is 6.60. The summed E-state index contributed by atoms with van der Waals surface area (Å²) in [6, 6.07) is 0.730. The Morgan fingerprint density at radius 1 is 0.297 bits per heavy atom. The summed E-state index contributed by atoms with van der Waals surface area (Å²) in [7, 11) is 0. The lowest BCUT2D eigenvalue weighted by atomic mass is 10.1. The molecule has 0 saturated heterocycles. The van der Waals surface area contributed by atoms with E-state index in [0.717, 1.165) is 24.6 Å². The molecule has 0 amide bonds. The molecule has 226 valence electrons. The molecule has 0 bridgehead atoms. The lowest BCUT2D eigenvalue weighted by Gasteiger charge is -2.16. The zero-order chi connectivity index (χ0) is 28.1. The zero-order valence-corrected chi connectivity index (χ0v) is 30.8. The molecule has 37 heavy (non-hydrogen) atoms. The van der Waals surface area contributed by atoms with Gasteiger partial charge in [-0.25, -0.2) is 0 Å². The minimum absolute atomic E-state index is 0.826. The first kappa shape index (κ1) is 41.0. The molecule has 0 unspecified atom stereocenters.